The molecule has 4 aliphatic rings. The molecule has 0 amide bonds. The number of aromatic nitrogens is 1. The average Bonchev–Trinajstić information content (AvgIpc) is 3.44. The second-order valence-electron chi connectivity index (χ2n) is 10.4. The number of benzene rings is 4. The van der Waals surface area contributed by atoms with E-state index in [2.05, 4.69) is 83.8 Å². The molecule has 0 saturated carbocycles. The molecule has 0 radical (unpaired) electrons. The van der Waals surface area contributed by atoms with Gasteiger partial charge in [-0.1, -0.05) is 54.6 Å². The second kappa shape index (κ2) is 6.28. The lowest BCUT2D eigenvalue weighted by Gasteiger charge is -2.39. The number of fused-ring (bicyclic) bond motifs is 11. The van der Waals surface area contributed by atoms with Crippen molar-refractivity contribution in [2.45, 2.75) is 25.7 Å². The lowest BCUT2D eigenvalue weighted by molar-refractivity contribution is 0.970. The smallest absolute Gasteiger partial charge is 0.0688 e. The Hall–Kier alpha value is -4.17. The Morgan fingerprint density at radius 1 is 0.514 bits per heavy atom. The Morgan fingerprint density at radius 2 is 1.26 bits per heavy atom. The lowest BCUT2D eigenvalue weighted by Crippen LogP contribution is -2.25. The topological polar surface area (TPSA) is 16.1 Å². The van der Waals surface area contributed by atoms with Gasteiger partial charge in [0.25, 0.3) is 0 Å². The SMILES string of the molecule is c1ccc2c(c1)Cc1ccc3c(c1-2)-c1cc2c(cc1C3)N1c3cccnc3Cc3cccc(c31)C2. The predicted octanol–water partition coefficient (Wildman–Crippen LogP) is 7.50. The van der Waals surface area contributed by atoms with Crippen LogP contribution < -0.4 is 4.90 Å². The van der Waals surface area contributed by atoms with E-state index >= 15 is 0 Å². The van der Waals surface area contributed by atoms with Gasteiger partial charge in [-0.2, -0.15) is 0 Å². The maximum Gasteiger partial charge on any atom is 0.0688 e. The summed E-state index contributed by atoms with van der Waals surface area (Å²) in [6.45, 7) is 0. The Labute approximate surface area is 204 Å². The molecule has 2 aliphatic heterocycles. The lowest BCUT2D eigenvalue weighted by atomic mass is 9.86. The van der Waals surface area contributed by atoms with Gasteiger partial charge >= 0.3 is 0 Å². The maximum atomic E-state index is 4.77. The van der Waals surface area contributed by atoms with Crippen LogP contribution in [-0.2, 0) is 25.7 Å². The first-order valence-electron chi connectivity index (χ1n) is 12.6. The van der Waals surface area contributed by atoms with Crippen LogP contribution in [0.5, 0.6) is 0 Å². The van der Waals surface area contributed by atoms with E-state index in [1.807, 2.05) is 6.20 Å². The van der Waals surface area contributed by atoms with Gasteiger partial charge in [0.05, 0.1) is 22.8 Å². The molecule has 0 fully saturated rings. The molecule has 0 spiro atoms. The normalized spacial score (nSPS) is 14.9. The highest BCUT2D eigenvalue weighted by atomic mass is 15.2. The second-order valence-corrected chi connectivity index (χ2v) is 10.4. The molecular weight excluding hydrogens is 424 g/mol. The molecule has 0 bridgehead atoms. The molecule has 2 heteroatoms. The van der Waals surface area contributed by atoms with Crippen molar-refractivity contribution >= 4 is 17.1 Å². The van der Waals surface area contributed by atoms with Crippen molar-refractivity contribution < 1.29 is 0 Å². The van der Waals surface area contributed by atoms with Gasteiger partial charge in [-0.25, -0.2) is 0 Å². The van der Waals surface area contributed by atoms with Crippen LogP contribution >= 0.6 is 0 Å². The first kappa shape index (κ1) is 18.2. The highest BCUT2D eigenvalue weighted by Gasteiger charge is 2.35. The van der Waals surface area contributed by atoms with Crippen LogP contribution in [0, 0.1) is 0 Å². The largest absolute Gasteiger partial charge is 0.308 e. The van der Waals surface area contributed by atoms with Crippen LogP contribution in [0.1, 0.15) is 44.6 Å². The molecule has 35 heavy (non-hydrogen) atoms. The molecule has 0 atom stereocenters. The highest BCUT2D eigenvalue weighted by Crippen LogP contribution is 2.54. The third-order valence-electron chi connectivity index (χ3n) is 8.51. The summed E-state index contributed by atoms with van der Waals surface area (Å²) >= 11 is 0. The molecule has 0 unspecified atom stereocenters. The Balaban J connectivity index is 1.30. The van der Waals surface area contributed by atoms with Gasteiger partial charge in [-0.3, -0.25) is 4.98 Å². The van der Waals surface area contributed by atoms with Crippen molar-refractivity contribution in [1.29, 1.82) is 0 Å². The van der Waals surface area contributed by atoms with Gasteiger partial charge in [0, 0.05) is 19.0 Å². The summed E-state index contributed by atoms with van der Waals surface area (Å²) in [6, 6.07) is 29.8. The van der Waals surface area contributed by atoms with Crippen LogP contribution in [0.4, 0.5) is 17.1 Å². The van der Waals surface area contributed by atoms with E-state index in [4.69, 9.17) is 4.98 Å². The van der Waals surface area contributed by atoms with Gasteiger partial charge in [-0.05, 0) is 98.3 Å². The number of hydrogen-bond donors (Lipinski definition) is 0. The van der Waals surface area contributed by atoms with Gasteiger partial charge in [0.1, 0.15) is 0 Å². The molecule has 164 valence electrons. The number of rotatable bonds is 0. The third-order valence-corrected chi connectivity index (χ3v) is 8.51. The number of para-hydroxylation sites is 1. The van der Waals surface area contributed by atoms with Crippen molar-refractivity contribution in [1.82, 2.24) is 4.98 Å². The summed E-state index contributed by atoms with van der Waals surface area (Å²) in [7, 11) is 0. The van der Waals surface area contributed by atoms with Crippen LogP contribution in [0.2, 0.25) is 0 Å². The zero-order chi connectivity index (χ0) is 22.7. The zero-order valence-electron chi connectivity index (χ0n) is 19.3. The fourth-order valence-corrected chi connectivity index (χ4v) is 7.08. The molecule has 0 N–H and O–H groups in total. The number of pyridine rings is 1. The number of anilines is 3. The third kappa shape index (κ3) is 2.27. The van der Waals surface area contributed by atoms with E-state index in [1.165, 1.54) is 84.0 Å². The molecule has 3 heterocycles. The average molecular weight is 447 g/mol. The summed E-state index contributed by atoms with van der Waals surface area (Å²) < 4.78 is 0. The van der Waals surface area contributed by atoms with Crippen molar-refractivity contribution in [2.75, 3.05) is 4.90 Å². The van der Waals surface area contributed by atoms with Gasteiger partial charge in [-0.15, -0.1) is 0 Å². The van der Waals surface area contributed by atoms with Crippen molar-refractivity contribution in [3.8, 4) is 22.3 Å². The zero-order valence-corrected chi connectivity index (χ0v) is 19.3. The first-order valence-corrected chi connectivity index (χ1v) is 12.6. The monoisotopic (exact) mass is 446 g/mol. The van der Waals surface area contributed by atoms with E-state index in [-0.39, 0.29) is 0 Å². The predicted molar refractivity (Wildman–Crippen MR) is 141 cm³/mol. The Bertz CT molecular complexity index is 1760. The standard InChI is InChI=1S/C33H22N2/c1-2-8-26-19(5-1)13-20-10-11-21-14-24-18-30-25(16-27(24)32(21)31(20)26)15-22-6-3-7-23-17-28-29(9-4-12-34-28)35(30)33(22)23/h1-12,16,18H,13-15,17H2. The van der Waals surface area contributed by atoms with E-state index < -0.39 is 0 Å². The van der Waals surface area contributed by atoms with E-state index in [0.29, 0.717) is 0 Å². The summed E-state index contributed by atoms with van der Waals surface area (Å²) in [6.07, 6.45) is 5.88. The molecule has 4 aromatic carbocycles. The van der Waals surface area contributed by atoms with E-state index in [9.17, 15) is 0 Å². The fourth-order valence-electron chi connectivity index (χ4n) is 7.08. The summed E-state index contributed by atoms with van der Waals surface area (Å²) in [4.78, 5) is 7.27. The minimum absolute atomic E-state index is 0.910. The van der Waals surface area contributed by atoms with Crippen LogP contribution in [0.25, 0.3) is 22.3 Å². The van der Waals surface area contributed by atoms with Crippen molar-refractivity contribution in [3.05, 3.63) is 130 Å². The first-order chi connectivity index (χ1) is 17.3. The maximum absolute atomic E-state index is 4.77. The minimum atomic E-state index is 0.910. The minimum Gasteiger partial charge on any atom is -0.308 e. The quantitative estimate of drug-likeness (QED) is 0.240. The van der Waals surface area contributed by atoms with Gasteiger partial charge < -0.3 is 4.90 Å². The molecular formula is C33H22N2. The highest BCUT2D eigenvalue weighted by molar-refractivity contribution is 5.98. The van der Waals surface area contributed by atoms with Crippen LogP contribution in [0.15, 0.2) is 85.1 Å². The molecule has 2 aliphatic carbocycles. The molecule has 0 saturated heterocycles. The fraction of sp³-hybridized carbons (Fsp3) is 0.121. The summed E-state index contributed by atoms with van der Waals surface area (Å²) in [5, 5.41) is 0. The summed E-state index contributed by atoms with van der Waals surface area (Å²) in [5.41, 5.74) is 21.0. The van der Waals surface area contributed by atoms with E-state index in [0.717, 1.165) is 25.7 Å². The van der Waals surface area contributed by atoms with Crippen LogP contribution in [-0.4, -0.2) is 4.98 Å². The molecule has 1 aromatic heterocycles. The number of hydrogen-bond acceptors (Lipinski definition) is 2. The summed E-state index contributed by atoms with van der Waals surface area (Å²) in [5.74, 6) is 0. The van der Waals surface area contributed by atoms with Gasteiger partial charge in [0.2, 0.25) is 0 Å². The van der Waals surface area contributed by atoms with Gasteiger partial charge in [0.15, 0.2) is 0 Å². The Kier molecular flexibility index (Phi) is 3.27. The van der Waals surface area contributed by atoms with Crippen molar-refractivity contribution in [3.63, 3.8) is 0 Å². The number of nitrogens with zero attached hydrogens (tertiary/aromatic N) is 2. The van der Waals surface area contributed by atoms with Crippen molar-refractivity contribution in [2.24, 2.45) is 0 Å². The van der Waals surface area contributed by atoms with Crippen LogP contribution in [0.3, 0.4) is 0 Å². The van der Waals surface area contributed by atoms with E-state index in [1.54, 1.807) is 0 Å². The molecule has 9 rings (SSSR count). The molecule has 5 aromatic rings. The Morgan fingerprint density at radius 3 is 2.17 bits per heavy atom. The molecule has 2 nitrogen and oxygen atoms in total.